The number of ether oxygens (including phenoxy) is 3. The van der Waals surface area contributed by atoms with E-state index >= 15 is 0 Å². The molecule has 7 heteroatoms. The molecule has 1 aromatic rings. The minimum atomic E-state index is -0.682. The quantitative estimate of drug-likeness (QED) is 0.806. The van der Waals surface area contributed by atoms with Gasteiger partial charge in [-0.05, 0) is 12.1 Å². The van der Waals surface area contributed by atoms with E-state index in [1.165, 1.54) is 26.4 Å². The van der Waals surface area contributed by atoms with E-state index in [4.69, 9.17) is 25.8 Å². The summed E-state index contributed by atoms with van der Waals surface area (Å²) in [6.07, 6.45) is -0.682. The Labute approximate surface area is 109 Å². The maximum absolute atomic E-state index is 11.3. The summed E-state index contributed by atoms with van der Waals surface area (Å²) >= 11 is 5.39. The molecule has 6 nitrogen and oxygen atoms in total. The van der Waals surface area contributed by atoms with Crippen molar-refractivity contribution in [1.29, 1.82) is 0 Å². The van der Waals surface area contributed by atoms with Crippen LogP contribution in [0.2, 0.25) is 0 Å². The number of benzene rings is 1. The van der Waals surface area contributed by atoms with Crippen molar-refractivity contribution in [2.24, 2.45) is 0 Å². The number of hydrogen-bond donors (Lipinski definition) is 2. The van der Waals surface area contributed by atoms with Gasteiger partial charge in [0, 0.05) is 0 Å². The third-order valence-corrected chi connectivity index (χ3v) is 2.22. The van der Waals surface area contributed by atoms with Gasteiger partial charge in [-0.1, -0.05) is 0 Å². The van der Waals surface area contributed by atoms with Crippen LogP contribution in [-0.4, -0.2) is 37.9 Å². The predicted molar refractivity (Wildman–Crippen MR) is 66.9 cm³/mol. The first-order valence-electron chi connectivity index (χ1n) is 5.07. The molecule has 0 aliphatic rings. The highest BCUT2D eigenvalue weighted by Crippen LogP contribution is 2.41. The molecule has 0 saturated carbocycles. The summed E-state index contributed by atoms with van der Waals surface area (Å²) < 4.78 is 14.7. The number of rotatable bonds is 5. The largest absolute Gasteiger partial charge is 0.502 e. The smallest absolute Gasteiger partial charge is 0.411 e. The molecule has 0 bridgehead atoms. The number of nitrogens with one attached hydrogen (secondary N) is 1. The maximum Gasteiger partial charge on any atom is 0.411 e. The highest BCUT2D eigenvalue weighted by molar-refractivity contribution is 6.18. The van der Waals surface area contributed by atoms with Crippen LogP contribution < -0.4 is 14.8 Å². The molecule has 0 atom stereocenters. The molecule has 100 valence electrons. The van der Waals surface area contributed by atoms with Crippen molar-refractivity contribution in [3.05, 3.63) is 12.1 Å². The van der Waals surface area contributed by atoms with Crippen LogP contribution in [0.5, 0.6) is 17.2 Å². The minimum Gasteiger partial charge on any atom is -0.502 e. The molecule has 2 N–H and O–H groups in total. The Bertz CT molecular complexity index is 424. The molecule has 0 aliphatic heterocycles. The first kappa shape index (κ1) is 14.2. The molecule has 18 heavy (non-hydrogen) atoms. The average Bonchev–Trinajstić information content (AvgIpc) is 2.37. The molecule has 0 aliphatic carbocycles. The number of amides is 1. The van der Waals surface area contributed by atoms with E-state index in [9.17, 15) is 9.90 Å². The first-order valence-corrected chi connectivity index (χ1v) is 5.61. The molecule has 1 aromatic carbocycles. The van der Waals surface area contributed by atoms with E-state index in [-0.39, 0.29) is 35.4 Å². The van der Waals surface area contributed by atoms with E-state index < -0.39 is 6.09 Å². The lowest BCUT2D eigenvalue weighted by Crippen LogP contribution is -2.15. The number of methoxy groups -OCH3 is 2. The number of alkyl halides is 1. The summed E-state index contributed by atoms with van der Waals surface area (Å²) in [5, 5.41) is 12.2. The van der Waals surface area contributed by atoms with Gasteiger partial charge in [0.15, 0.2) is 11.5 Å². The zero-order chi connectivity index (χ0) is 13.5. The van der Waals surface area contributed by atoms with Crippen LogP contribution in [-0.2, 0) is 4.74 Å². The summed E-state index contributed by atoms with van der Waals surface area (Å²) in [7, 11) is 2.78. The number of phenols is 1. The normalized spacial score (nSPS) is 9.72. The standard InChI is InChI=1S/C11H14ClNO5/c1-16-8-4-3-7(10(17-2)9(8)14)13-11(15)18-6-5-12/h3-4,14H,5-6H2,1-2H3,(H,13,15). The zero-order valence-corrected chi connectivity index (χ0v) is 10.8. The molecule has 0 heterocycles. The fraction of sp³-hybridized carbons (Fsp3) is 0.364. The Morgan fingerprint density at radius 1 is 1.39 bits per heavy atom. The van der Waals surface area contributed by atoms with E-state index in [1.807, 2.05) is 0 Å². The van der Waals surface area contributed by atoms with Crippen molar-refractivity contribution >= 4 is 23.4 Å². The van der Waals surface area contributed by atoms with Crippen LogP contribution in [0.3, 0.4) is 0 Å². The minimum absolute atomic E-state index is 0.0946. The number of phenolic OH excluding ortho intramolecular Hbond substituents is 1. The molecule has 1 rings (SSSR count). The summed E-state index contributed by atoms with van der Waals surface area (Å²) in [5.74, 6) is 0.345. The summed E-state index contributed by atoms with van der Waals surface area (Å²) in [4.78, 5) is 11.3. The van der Waals surface area contributed by atoms with E-state index in [2.05, 4.69) is 5.32 Å². The Kier molecular flexibility index (Phi) is 5.38. The molecular weight excluding hydrogens is 262 g/mol. The lowest BCUT2D eigenvalue weighted by atomic mass is 10.2. The van der Waals surface area contributed by atoms with Gasteiger partial charge in [-0.3, -0.25) is 5.32 Å². The number of carbonyl (C=O) groups excluding carboxylic acids is 1. The monoisotopic (exact) mass is 275 g/mol. The fourth-order valence-electron chi connectivity index (χ4n) is 1.30. The Balaban J connectivity index is 2.89. The number of halogens is 1. The van der Waals surface area contributed by atoms with Crippen LogP contribution in [0.1, 0.15) is 0 Å². The van der Waals surface area contributed by atoms with Gasteiger partial charge >= 0.3 is 6.09 Å². The molecular formula is C11H14ClNO5. The Morgan fingerprint density at radius 2 is 2.11 bits per heavy atom. The topological polar surface area (TPSA) is 77.0 Å². The van der Waals surface area contributed by atoms with Gasteiger partial charge in [0.05, 0.1) is 25.8 Å². The van der Waals surface area contributed by atoms with E-state index in [0.717, 1.165) is 0 Å². The van der Waals surface area contributed by atoms with Crippen LogP contribution >= 0.6 is 11.6 Å². The van der Waals surface area contributed by atoms with E-state index in [0.29, 0.717) is 0 Å². The van der Waals surface area contributed by atoms with Gasteiger partial charge in [0.25, 0.3) is 0 Å². The van der Waals surface area contributed by atoms with Crippen LogP contribution in [0, 0.1) is 0 Å². The third-order valence-electron chi connectivity index (χ3n) is 2.07. The number of carbonyl (C=O) groups is 1. The number of aromatic hydroxyl groups is 1. The van der Waals surface area contributed by atoms with Crippen molar-refractivity contribution in [2.75, 3.05) is 32.0 Å². The second-order valence-electron chi connectivity index (χ2n) is 3.15. The van der Waals surface area contributed by atoms with Crippen LogP contribution in [0.25, 0.3) is 0 Å². The van der Waals surface area contributed by atoms with Gasteiger partial charge in [0.2, 0.25) is 5.75 Å². The second-order valence-corrected chi connectivity index (χ2v) is 3.53. The Morgan fingerprint density at radius 3 is 2.67 bits per heavy atom. The number of anilines is 1. The lowest BCUT2D eigenvalue weighted by molar-refractivity contribution is 0.168. The highest BCUT2D eigenvalue weighted by atomic mass is 35.5. The number of hydrogen-bond acceptors (Lipinski definition) is 5. The highest BCUT2D eigenvalue weighted by Gasteiger charge is 2.16. The molecule has 1 amide bonds. The SMILES string of the molecule is COc1ccc(NC(=O)OCCCl)c(OC)c1O. The molecule has 0 spiro atoms. The van der Waals surface area contributed by atoms with Crippen LogP contribution in [0.4, 0.5) is 10.5 Å². The third kappa shape index (κ3) is 3.33. The predicted octanol–water partition coefficient (Wildman–Crippen LogP) is 2.20. The van der Waals surface area contributed by atoms with Crippen LogP contribution in [0.15, 0.2) is 12.1 Å². The average molecular weight is 276 g/mol. The summed E-state index contributed by atoms with van der Waals surface area (Å²) in [6, 6.07) is 3.02. The van der Waals surface area contributed by atoms with Gasteiger partial charge in [-0.15, -0.1) is 11.6 Å². The first-order chi connectivity index (χ1) is 8.63. The molecule has 0 radical (unpaired) electrons. The van der Waals surface area contributed by atoms with Gasteiger partial charge in [-0.2, -0.15) is 0 Å². The maximum atomic E-state index is 11.3. The van der Waals surface area contributed by atoms with Gasteiger partial charge in [0.1, 0.15) is 6.61 Å². The van der Waals surface area contributed by atoms with Gasteiger partial charge < -0.3 is 19.3 Å². The lowest BCUT2D eigenvalue weighted by Gasteiger charge is -2.13. The molecule has 0 fully saturated rings. The molecule has 0 unspecified atom stereocenters. The Hall–Kier alpha value is -1.82. The van der Waals surface area contributed by atoms with Crippen molar-refractivity contribution in [3.8, 4) is 17.2 Å². The van der Waals surface area contributed by atoms with Crippen molar-refractivity contribution in [2.45, 2.75) is 0 Å². The van der Waals surface area contributed by atoms with E-state index in [1.54, 1.807) is 0 Å². The van der Waals surface area contributed by atoms with Crippen molar-refractivity contribution < 1.29 is 24.1 Å². The van der Waals surface area contributed by atoms with Crippen molar-refractivity contribution in [3.63, 3.8) is 0 Å². The molecule has 0 saturated heterocycles. The fourth-order valence-corrected chi connectivity index (χ4v) is 1.38. The molecule has 0 aromatic heterocycles. The van der Waals surface area contributed by atoms with Crippen molar-refractivity contribution in [1.82, 2.24) is 0 Å². The summed E-state index contributed by atoms with van der Waals surface area (Å²) in [5.41, 5.74) is 0.273. The van der Waals surface area contributed by atoms with Gasteiger partial charge in [-0.25, -0.2) is 4.79 Å². The second kappa shape index (κ2) is 6.80. The summed E-state index contributed by atoms with van der Waals surface area (Å²) in [6.45, 7) is 0.0951. The zero-order valence-electron chi connectivity index (χ0n) is 10.0.